The largest absolute Gasteiger partial charge is 0.466 e. The van der Waals surface area contributed by atoms with Crippen molar-refractivity contribution in [2.24, 2.45) is 22.9 Å². The summed E-state index contributed by atoms with van der Waals surface area (Å²) in [7, 11) is 0. The summed E-state index contributed by atoms with van der Waals surface area (Å²) in [6, 6.07) is 0.260. The van der Waals surface area contributed by atoms with Crippen LogP contribution in [0.25, 0.3) is 0 Å². The van der Waals surface area contributed by atoms with Gasteiger partial charge in [-0.2, -0.15) is 0 Å². The number of nitrogens with zero attached hydrogens (tertiary/aromatic N) is 2. The summed E-state index contributed by atoms with van der Waals surface area (Å²) in [5.41, 5.74) is 0.964. The number of likely N-dealkylation sites (tertiary alicyclic amines) is 1. The molecule has 5 nitrogen and oxygen atoms in total. The Kier molecular flexibility index (Phi) is 3.96. The summed E-state index contributed by atoms with van der Waals surface area (Å²) in [6.45, 7) is 4.06. The standard InChI is InChI=1S/C15H24N2O3/c1-2-20-15(18)12-4-3-7-17(9-12)14-11-6-5-10(8-11)13(14)16-19/h10-12,14,19H,2-9H2,1H3/b16-13-/t10-,11-,12-,14+/m0/s1. The Balaban J connectivity index is 1.69. The Morgan fingerprint density at radius 1 is 1.45 bits per heavy atom. The molecule has 20 heavy (non-hydrogen) atoms. The fraction of sp³-hybridized carbons (Fsp3) is 0.867. The van der Waals surface area contributed by atoms with E-state index in [1.165, 1.54) is 6.42 Å². The van der Waals surface area contributed by atoms with Crippen LogP contribution in [0.1, 0.15) is 39.0 Å². The fourth-order valence-electron chi connectivity index (χ4n) is 4.39. The number of carbonyl (C=O) groups excluding carboxylic acids is 1. The van der Waals surface area contributed by atoms with Gasteiger partial charge in [-0.05, 0) is 51.5 Å². The zero-order chi connectivity index (χ0) is 14.1. The van der Waals surface area contributed by atoms with E-state index < -0.39 is 0 Å². The minimum absolute atomic E-state index is 0.0113. The minimum atomic E-state index is -0.0668. The predicted octanol–water partition coefficient (Wildman–Crippen LogP) is 1.89. The van der Waals surface area contributed by atoms with Crippen molar-refractivity contribution in [3.05, 3.63) is 0 Å². The van der Waals surface area contributed by atoms with Crippen LogP contribution in [-0.4, -0.2) is 47.5 Å². The topological polar surface area (TPSA) is 62.1 Å². The van der Waals surface area contributed by atoms with Crippen LogP contribution in [0.4, 0.5) is 0 Å². The third-order valence-corrected chi connectivity index (χ3v) is 5.22. The van der Waals surface area contributed by atoms with Gasteiger partial charge in [0.2, 0.25) is 0 Å². The lowest BCUT2D eigenvalue weighted by atomic mass is 9.88. The van der Waals surface area contributed by atoms with E-state index in [4.69, 9.17) is 4.74 Å². The second-order valence-electron chi connectivity index (χ2n) is 6.33. The van der Waals surface area contributed by atoms with Crippen LogP contribution in [-0.2, 0) is 9.53 Å². The molecule has 1 heterocycles. The molecule has 1 aliphatic heterocycles. The normalized spacial score (nSPS) is 39.4. The smallest absolute Gasteiger partial charge is 0.310 e. The van der Waals surface area contributed by atoms with E-state index in [1.54, 1.807) is 0 Å². The van der Waals surface area contributed by atoms with Gasteiger partial charge < -0.3 is 9.94 Å². The summed E-state index contributed by atoms with van der Waals surface area (Å²) in [5, 5.41) is 12.9. The number of esters is 1. The SMILES string of the molecule is CCOC(=O)[C@H]1CCCN([C@H]2/C(=N\O)[C@H]3CC[C@H]2C3)C1. The molecular weight excluding hydrogens is 256 g/mol. The summed E-state index contributed by atoms with van der Waals surface area (Å²) in [6.07, 6.45) is 5.49. The summed E-state index contributed by atoms with van der Waals surface area (Å²) in [4.78, 5) is 14.3. The molecule has 3 rings (SSSR count). The molecule has 2 bridgehead atoms. The highest BCUT2D eigenvalue weighted by molar-refractivity contribution is 5.94. The van der Waals surface area contributed by atoms with Crippen LogP contribution >= 0.6 is 0 Å². The molecule has 0 radical (unpaired) electrons. The van der Waals surface area contributed by atoms with E-state index >= 15 is 0 Å². The first kappa shape index (κ1) is 13.9. The maximum atomic E-state index is 11.9. The molecule has 1 N–H and O–H groups in total. The average Bonchev–Trinajstić information content (AvgIpc) is 3.08. The molecule has 0 amide bonds. The minimum Gasteiger partial charge on any atom is -0.466 e. The lowest BCUT2D eigenvalue weighted by Gasteiger charge is -2.39. The van der Waals surface area contributed by atoms with E-state index in [0.29, 0.717) is 18.4 Å². The lowest BCUT2D eigenvalue weighted by Crippen LogP contribution is -2.50. The van der Waals surface area contributed by atoms with Crippen molar-refractivity contribution < 1.29 is 14.7 Å². The van der Waals surface area contributed by atoms with E-state index in [-0.39, 0.29) is 17.9 Å². The van der Waals surface area contributed by atoms with Gasteiger partial charge >= 0.3 is 5.97 Å². The summed E-state index contributed by atoms with van der Waals surface area (Å²) in [5.74, 6) is 1.01. The molecule has 3 fully saturated rings. The van der Waals surface area contributed by atoms with Crippen molar-refractivity contribution in [1.82, 2.24) is 4.90 Å². The molecule has 5 heteroatoms. The maximum Gasteiger partial charge on any atom is 0.310 e. The molecule has 1 saturated heterocycles. The van der Waals surface area contributed by atoms with Crippen molar-refractivity contribution in [2.75, 3.05) is 19.7 Å². The molecule has 2 aliphatic carbocycles. The third kappa shape index (κ3) is 2.32. The third-order valence-electron chi connectivity index (χ3n) is 5.22. The first-order valence-electron chi connectivity index (χ1n) is 7.87. The molecule has 0 unspecified atom stereocenters. The summed E-state index contributed by atoms with van der Waals surface area (Å²) >= 11 is 0. The molecule has 112 valence electrons. The van der Waals surface area contributed by atoms with E-state index in [9.17, 15) is 10.0 Å². The Labute approximate surface area is 120 Å². The summed E-state index contributed by atoms with van der Waals surface area (Å²) < 4.78 is 5.16. The highest BCUT2D eigenvalue weighted by atomic mass is 16.5. The number of oxime groups is 1. The van der Waals surface area contributed by atoms with Crippen molar-refractivity contribution in [3.8, 4) is 0 Å². The zero-order valence-corrected chi connectivity index (χ0v) is 12.1. The molecule has 0 aromatic carbocycles. The number of rotatable bonds is 3. The molecule has 2 saturated carbocycles. The van der Waals surface area contributed by atoms with Crippen LogP contribution in [0.2, 0.25) is 0 Å². The van der Waals surface area contributed by atoms with Gasteiger partial charge in [0.05, 0.1) is 24.3 Å². The van der Waals surface area contributed by atoms with Gasteiger partial charge in [-0.15, -0.1) is 0 Å². The quantitative estimate of drug-likeness (QED) is 0.487. The Hall–Kier alpha value is -1.10. The van der Waals surface area contributed by atoms with Crippen molar-refractivity contribution in [2.45, 2.75) is 45.1 Å². The molecular formula is C15H24N2O3. The molecule has 0 aromatic rings. The molecule has 3 aliphatic rings. The monoisotopic (exact) mass is 280 g/mol. The maximum absolute atomic E-state index is 11.9. The number of piperidine rings is 1. The fourth-order valence-corrected chi connectivity index (χ4v) is 4.39. The first-order valence-corrected chi connectivity index (χ1v) is 7.87. The van der Waals surface area contributed by atoms with E-state index in [0.717, 1.165) is 44.5 Å². The van der Waals surface area contributed by atoms with Crippen molar-refractivity contribution in [3.63, 3.8) is 0 Å². The van der Waals surface area contributed by atoms with Gasteiger partial charge in [0, 0.05) is 12.5 Å². The zero-order valence-electron chi connectivity index (χ0n) is 12.1. The Morgan fingerprint density at radius 2 is 2.30 bits per heavy atom. The number of hydrogen-bond acceptors (Lipinski definition) is 5. The molecule has 4 atom stereocenters. The highest BCUT2D eigenvalue weighted by Gasteiger charge is 2.49. The van der Waals surface area contributed by atoms with Crippen LogP contribution < -0.4 is 0 Å². The van der Waals surface area contributed by atoms with Gasteiger partial charge in [0.25, 0.3) is 0 Å². The van der Waals surface area contributed by atoms with Gasteiger partial charge in [-0.25, -0.2) is 0 Å². The van der Waals surface area contributed by atoms with Gasteiger partial charge in [-0.3, -0.25) is 9.69 Å². The Bertz CT molecular complexity index is 410. The van der Waals surface area contributed by atoms with Gasteiger partial charge in [0.1, 0.15) is 0 Å². The van der Waals surface area contributed by atoms with E-state index in [2.05, 4.69) is 10.1 Å². The average molecular weight is 280 g/mol. The van der Waals surface area contributed by atoms with E-state index in [1.807, 2.05) is 6.92 Å². The van der Waals surface area contributed by atoms with Crippen LogP contribution in [0.15, 0.2) is 5.16 Å². The van der Waals surface area contributed by atoms with Crippen LogP contribution in [0.3, 0.4) is 0 Å². The number of carbonyl (C=O) groups is 1. The highest BCUT2D eigenvalue weighted by Crippen LogP contribution is 2.45. The molecule has 0 aromatic heterocycles. The predicted molar refractivity (Wildman–Crippen MR) is 74.8 cm³/mol. The first-order chi connectivity index (χ1) is 9.74. The van der Waals surface area contributed by atoms with Gasteiger partial charge in [0.15, 0.2) is 0 Å². The second kappa shape index (κ2) is 5.72. The van der Waals surface area contributed by atoms with Gasteiger partial charge in [-0.1, -0.05) is 5.16 Å². The van der Waals surface area contributed by atoms with Crippen LogP contribution in [0.5, 0.6) is 0 Å². The molecule has 0 spiro atoms. The van der Waals surface area contributed by atoms with Crippen molar-refractivity contribution >= 4 is 11.7 Å². The lowest BCUT2D eigenvalue weighted by molar-refractivity contribution is -0.150. The number of fused-ring (bicyclic) bond motifs is 2. The Morgan fingerprint density at radius 3 is 3.05 bits per heavy atom. The van der Waals surface area contributed by atoms with Crippen LogP contribution in [0, 0.1) is 17.8 Å². The van der Waals surface area contributed by atoms with Crippen molar-refractivity contribution in [1.29, 1.82) is 0 Å². The number of ether oxygens (including phenoxy) is 1. The second-order valence-corrected chi connectivity index (χ2v) is 6.33. The number of hydrogen-bond donors (Lipinski definition) is 1.